The van der Waals surface area contributed by atoms with E-state index in [9.17, 15) is 4.79 Å². The van der Waals surface area contributed by atoms with Crippen LogP contribution in [0.3, 0.4) is 0 Å². The normalized spacial score (nSPS) is 24.1. The molecule has 1 saturated heterocycles. The molecule has 0 aliphatic carbocycles. The summed E-state index contributed by atoms with van der Waals surface area (Å²) in [5, 5.41) is 1.01. The first-order valence-corrected chi connectivity index (χ1v) is 6.97. The molecule has 1 aromatic carbocycles. The van der Waals surface area contributed by atoms with Crippen LogP contribution in [0.25, 0.3) is 0 Å². The molecule has 1 aromatic rings. The number of hydrogen-bond donors (Lipinski definition) is 0. The number of piperidine rings is 1. The van der Waals surface area contributed by atoms with E-state index in [1.54, 1.807) is 18.2 Å². The summed E-state index contributed by atoms with van der Waals surface area (Å²) in [6.45, 7) is 5.95. The van der Waals surface area contributed by atoms with Gasteiger partial charge in [0, 0.05) is 18.1 Å². The van der Waals surface area contributed by atoms with Gasteiger partial charge >= 0.3 is 0 Å². The zero-order chi connectivity index (χ0) is 13.3. The van der Waals surface area contributed by atoms with Crippen molar-refractivity contribution < 1.29 is 4.79 Å². The number of amides is 1. The molecule has 18 heavy (non-hydrogen) atoms. The lowest BCUT2D eigenvalue weighted by Gasteiger charge is -2.35. The van der Waals surface area contributed by atoms with Gasteiger partial charge in [-0.1, -0.05) is 37.0 Å². The summed E-state index contributed by atoms with van der Waals surface area (Å²) < 4.78 is 0. The minimum absolute atomic E-state index is 0.0131. The molecule has 0 radical (unpaired) electrons. The van der Waals surface area contributed by atoms with E-state index in [1.165, 1.54) is 6.42 Å². The van der Waals surface area contributed by atoms with Crippen LogP contribution < -0.4 is 0 Å². The molecular formula is C14H17Cl2NO. The molecular weight excluding hydrogens is 269 g/mol. The number of carbonyl (C=O) groups excluding carboxylic acids is 1. The third kappa shape index (κ3) is 2.99. The van der Waals surface area contributed by atoms with E-state index in [-0.39, 0.29) is 5.91 Å². The Morgan fingerprint density at radius 3 is 2.44 bits per heavy atom. The Balaban J connectivity index is 2.22. The summed E-state index contributed by atoms with van der Waals surface area (Å²) >= 11 is 12.0. The third-order valence-corrected chi connectivity index (χ3v) is 3.88. The predicted octanol–water partition coefficient (Wildman–Crippen LogP) is 4.11. The SMILES string of the molecule is CC1CC(C)CN(C(=O)c2cc(Cl)ccc2Cl)C1. The molecule has 2 unspecified atom stereocenters. The Hall–Kier alpha value is -0.730. The van der Waals surface area contributed by atoms with Crippen LogP contribution in [0, 0.1) is 11.8 Å². The van der Waals surface area contributed by atoms with Gasteiger partial charge in [-0.05, 0) is 36.5 Å². The summed E-state index contributed by atoms with van der Waals surface area (Å²) in [5.74, 6) is 1.06. The first kappa shape index (κ1) is 13.7. The highest BCUT2D eigenvalue weighted by Crippen LogP contribution is 2.26. The summed E-state index contributed by atoms with van der Waals surface area (Å²) in [6, 6.07) is 5.02. The van der Waals surface area contributed by atoms with Crippen molar-refractivity contribution >= 4 is 29.1 Å². The predicted molar refractivity (Wildman–Crippen MR) is 75.3 cm³/mol. The van der Waals surface area contributed by atoms with Crippen LogP contribution in [0.2, 0.25) is 10.0 Å². The second-order valence-corrected chi connectivity index (χ2v) is 6.12. The van der Waals surface area contributed by atoms with Crippen molar-refractivity contribution in [3.8, 4) is 0 Å². The third-order valence-electron chi connectivity index (χ3n) is 3.31. The van der Waals surface area contributed by atoms with Crippen molar-refractivity contribution in [3.05, 3.63) is 33.8 Å². The fourth-order valence-corrected chi connectivity index (χ4v) is 3.03. The number of hydrogen-bond acceptors (Lipinski definition) is 1. The van der Waals surface area contributed by atoms with Crippen molar-refractivity contribution in [3.63, 3.8) is 0 Å². The number of benzene rings is 1. The zero-order valence-corrected chi connectivity index (χ0v) is 12.1. The largest absolute Gasteiger partial charge is 0.338 e. The van der Waals surface area contributed by atoms with Gasteiger partial charge in [-0.2, -0.15) is 0 Å². The van der Waals surface area contributed by atoms with Gasteiger partial charge in [0.1, 0.15) is 0 Å². The molecule has 2 atom stereocenters. The second kappa shape index (κ2) is 5.50. The van der Waals surface area contributed by atoms with Gasteiger partial charge in [-0.15, -0.1) is 0 Å². The Morgan fingerprint density at radius 2 is 1.83 bits per heavy atom. The molecule has 2 nitrogen and oxygen atoms in total. The maximum Gasteiger partial charge on any atom is 0.255 e. The fourth-order valence-electron chi connectivity index (χ4n) is 2.66. The van der Waals surface area contributed by atoms with Gasteiger partial charge in [-0.25, -0.2) is 0 Å². The Labute approximate surface area is 118 Å². The molecule has 0 N–H and O–H groups in total. The van der Waals surface area contributed by atoms with Crippen molar-refractivity contribution in [2.24, 2.45) is 11.8 Å². The summed E-state index contributed by atoms with van der Waals surface area (Å²) in [7, 11) is 0. The number of carbonyl (C=O) groups is 1. The van der Waals surface area contributed by atoms with Crippen molar-refractivity contribution in [2.75, 3.05) is 13.1 Å². The van der Waals surface area contributed by atoms with E-state index in [0.29, 0.717) is 27.4 Å². The molecule has 1 amide bonds. The Bertz CT molecular complexity index is 451. The number of nitrogens with zero attached hydrogens (tertiary/aromatic N) is 1. The maximum absolute atomic E-state index is 12.4. The quantitative estimate of drug-likeness (QED) is 0.760. The maximum atomic E-state index is 12.4. The average Bonchev–Trinajstić information content (AvgIpc) is 2.30. The van der Waals surface area contributed by atoms with E-state index in [1.807, 2.05) is 4.90 Å². The van der Waals surface area contributed by atoms with Gasteiger partial charge in [-0.3, -0.25) is 4.79 Å². The summed E-state index contributed by atoms with van der Waals surface area (Å²) in [6.07, 6.45) is 1.17. The van der Waals surface area contributed by atoms with Gasteiger partial charge in [0.2, 0.25) is 0 Å². The van der Waals surface area contributed by atoms with Crippen LogP contribution in [0.4, 0.5) is 0 Å². The minimum atomic E-state index is -0.0131. The standard InChI is InChI=1S/C14H17Cl2NO/c1-9-5-10(2)8-17(7-9)14(18)12-6-11(15)3-4-13(12)16/h3-4,6,9-10H,5,7-8H2,1-2H3. The Kier molecular flexibility index (Phi) is 4.18. The minimum Gasteiger partial charge on any atom is -0.338 e. The van der Waals surface area contributed by atoms with Crippen LogP contribution in [-0.2, 0) is 0 Å². The van der Waals surface area contributed by atoms with Crippen LogP contribution >= 0.6 is 23.2 Å². The second-order valence-electron chi connectivity index (χ2n) is 5.28. The molecule has 1 heterocycles. The van der Waals surface area contributed by atoms with Crippen molar-refractivity contribution in [1.29, 1.82) is 0 Å². The first-order valence-electron chi connectivity index (χ1n) is 6.21. The van der Waals surface area contributed by atoms with Crippen molar-refractivity contribution in [1.82, 2.24) is 4.90 Å². The van der Waals surface area contributed by atoms with E-state index in [2.05, 4.69) is 13.8 Å². The monoisotopic (exact) mass is 285 g/mol. The molecule has 1 aliphatic heterocycles. The van der Waals surface area contributed by atoms with Crippen LogP contribution in [0.15, 0.2) is 18.2 Å². The topological polar surface area (TPSA) is 20.3 Å². The molecule has 1 fully saturated rings. The lowest BCUT2D eigenvalue weighted by atomic mass is 9.91. The molecule has 0 spiro atoms. The molecule has 0 aromatic heterocycles. The van der Waals surface area contributed by atoms with Gasteiger partial charge in [0.25, 0.3) is 5.91 Å². The summed E-state index contributed by atoms with van der Waals surface area (Å²) in [4.78, 5) is 14.3. The highest BCUT2D eigenvalue weighted by Gasteiger charge is 2.27. The van der Waals surface area contributed by atoms with Crippen LogP contribution in [-0.4, -0.2) is 23.9 Å². The van der Waals surface area contributed by atoms with E-state index < -0.39 is 0 Å². The zero-order valence-electron chi connectivity index (χ0n) is 10.6. The van der Waals surface area contributed by atoms with Crippen molar-refractivity contribution in [2.45, 2.75) is 20.3 Å². The van der Waals surface area contributed by atoms with Gasteiger partial charge < -0.3 is 4.90 Å². The molecule has 0 bridgehead atoms. The molecule has 98 valence electrons. The van der Waals surface area contributed by atoms with Crippen LogP contribution in [0.5, 0.6) is 0 Å². The van der Waals surface area contributed by atoms with E-state index >= 15 is 0 Å². The molecule has 1 aliphatic rings. The lowest BCUT2D eigenvalue weighted by Crippen LogP contribution is -2.42. The van der Waals surface area contributed by atoms with E-state index in [0.717, 1.165) is 13.1 Å². The highest BCUT2D eigenvalue weighted by molar-refractivity contribution is 6.35. The average molecular weight is 286 g/mol. The van der Waals surface area contributed by atoms with E-state index in [4.69, 9.17) is 23.2 Å². The lowest BCUT2D eigenvalue weighted by molar-refractivity contribution is 0.0623. The summed E-state index contributed by atoms with van der Waals surface area (Å²) in [5.41, 5.74) is 0.505. The molecule has 4 heteroatoms. The Morgan fingerprint density at radius 1 is 1.22 bits per heavy atom. The first-order chi connectivity index (χ1) is 8.47. The number of likely N-dealkylation sites (tertiary alicyclic amines) is 1. The number of halogens is 2. The van der Waals surface area contributed by atoms with Gasteiger partial charge in [0.05, 0.1) is 10.6 Å². The van der Waals surface area contributed by atoms with Gasteiger partial charge in [0.15, 0.2) is 0 Å². The molecule has 0 saturated carbocycles. The number of rotatable bonds is 1. The highest BCUT2D eigenvalue weighted by atomic mass is 35.5. The molecule has 2 rings (SSSR count). The van der Waals surface area contributed by atoms with Crippen LogP contribution in [0.1, 0.15) is 30.6 Å². The fraction of sp³-hybridized carbons (Fsp3) is 0.500. The smallest absolute Gasteiger partial charge is 0.255 e.